The fraction of sp³-hybridized carbons (Fsp3) is 0.375. The molecule has 0 bridgehead atoms. The summed E-state index contributed by atoms with van der Waals surface area (Å²) in [5.41, 5.74) is 5.16. The highest BCUT2D eigenvalue weighted by atomic mass is 35.5. The van der Waals surface area contributed by atoms with Crippen molar-refractivity contribution in [3.05, 3.63) is 87.7 Å². The zero-order valence-corrected chi connectivity index (χ0v) is 22.2. The molecule has 1 heterocycles. The molecule has 1 atom stereocenters. The van der Waals surface area contributed by atoms with Crippen LogP contribution in [0.15, 0.2) is 54.6 Å². The summed E-state index contributed by atoms with van der Waals surface area (Å²) in [6, 6.07) is 16.7. The molecule has 1 saturated heterocycles. The van der Waals surface area contributed by atoms with E-state index in [0.717, 1.165) is 72.5 Å². The predicted molar refractivity (Wildman–Crippen MR) is 154 cm³/mol. The zero-order valence-electron chi connectivity index (χ0n) is 21.5. The molecule has 1 aliphatic heterocycles. The molecular formula is C32H36ClF2NO3. The largest absolute Gasteiger partial charge is 0.508 e. The molecule has 1 aliphatic carbocycles. The summed E-state index contributed by atoms with van der Waals surface area (Å²) in [6.07, 6.45) is 3.77. The lowest BCUT2D eigenvalue weighted by Crippen LogP contribution is -2.26. The Bertz CT molecular complexity index is 1330. The van der Waals surface area contributed by atoms with Crippen LogP contribution < -0.4 is 9.47 Å². The molecule has 0 aromatic heterocycles. The molecule has 5 rings (SSSR count). The van der Waals surface area contributed by atoms with Gasteiger partial charge in [-0.25, -0.2) is 4.39 Å². The Labute approximate surface area is 234 Å². The number of halogens is 3. The van der Waals surface area contributed by atoms with Crippen molar-refractivity contribution < 1.29 is 23.4 Å². The number of aromatic hydroxyl groups is 1. The third kappa shape index (κ3) is 6.23. The SMILES string of the molecule is C.COc1ccc(C2=C(c3ccc(O[C@H]4CCN(CCCF)C4)cc3)c3ccc(O)cc3CCC2)c(F)c1Cl. The van der Waals surface area contributed by atoms with Gasteiger partial charge in [0, 0.05) is 25.2 Å². The molecule has 4 nitrogen and oxygen atoms in total. The lowest BCUT2D eigenvalue weighted by molar-refractivity contribution is 0.198. The number of rotatable bonds is 8. The minimum absolute atomic E-state index is 0. The molecule has 0 amide bonds. The second-order valence-corrected chi connectivity index (χ2v) is 10.3. The molecule has 208 valence electrons. The number of ether oxygens (including phenoxy) is 2. The summed E-state index contributed by atoms with van der Waals surface area (Å²) in [5, 5.41) is 10.1. The van der Waals surface area contributed by atoms with E-state index < -0.39 is 5.82 Å². The zero-order chi connectivity index (χ0) is 26.6. The van der Waals surface area contributed by atoms with Gasteiger partial charge in [0.2, 0.25) is 0 Å². The summed E-state index contributed by atoms with van der Waals surface area (Å²) in [7, 11) is 1.47. The number of alkyl halides is 1. The molecule has 2 aliphatic rings. The Balaban J connectivity index is 0.00000353. The summed E-state index contributed by atoms with van der Waals surface area (Å²) >= 11 is 6.32. The van der Waals surface area contributed by atoms with Crippen LogP contribution in [-0.4, -0.2) is 49.5 Å². The Kier molecular flexibility index (Phi) is 9.52. The van der Waals surface area contributed by atoms with Crippen molar-refractivity contribution in [2.24, 2.45) is 0 Å². The fourth-order valence-electron chi connectivity index (χ4n) is 5.57. The Morgan fingerprint density at radius 2 is 1.82 bits per heavy atom. The van der Waals surface area contributed by atoms with Crippen LogP contribution in [0.5, 0.6) is 17.2 Å². The molecule has 1 N–H and O–H groups in total. The van der Waals surface area contributed by atoms with E-state index in [2.05, 4.69) is 4.90 Å². The first-order valence-electron chi connectivity index (χ1n) is 13.1. The van der Waals surface area contributed by atoms with Gasteiger partial charge in [0.15, 0.2) is 5.82 Å². The first kappa shape index (κ1) is 28.9. The highest BCUT2D eigenvalue weighted by molar-refractivity contribution is 6.32. The van der Waals surface area contributed by atoms with Gasteiger partial charge in [-0.1, -0.05) is 37.2 Å². The maximum Gasteiger partial charge on any atom is 0.153 e. The Morgan fingerprint density at radius 3 is 2.56 bits per heavy atom. The number of methoxy groups -OCH3 is 1. The van der Waals surface area contributed by atoms with Gasteiger partial charge >= 0.3 is 0 Å². The predicted octanol–water partition coefficient (Wildman–Crippen LogP) is 7.94. The number of phenolic OH excluding ortho intramolecular Hbond substituents is 1. The molecule has 3 aromatic rings. The van der Waals surface area contributed by atoms with E-state index >= 15 is 4.39 Å². The van der Waals surface area contributed by atoms with Gasteiger partial charge in [-0.05, 0) is 96.3 Å². The van der Waals surface area contributed by atoms with E-state index in [-0.39, 0.29) is 31.0 Å². The van der Waals surface area contributed by atoms with E-state index in [9.17, 15) is 9.50 Å². The highest BCUT2D eigenvalue weighted by Crippen LogP contribution is 2.43. The molecule has 0 spiro atoms. The topological polar surface area (TPSA) is 41.9 Å². The number of fused-ring (bicyclic) bond motifs is 1. The van der Waals surface area contributed by atoms with Gasteiger partial charge in [0.05, 0.1) is 13.8 Å². The van der Waals surface area contributed by atoms with E-state index in [1.54, 1.807) is 24.3 Å². The highest BCUT2D eigenvalue weighted by Gasteiger charge is 2.26. The van der Waals surface area contributed by atoms with Crippen LogP contribution in [0.25, 0.3) is 11.1 Å². The molecule has 0 unspecified atom stereocenters. The van der Waals surface area contributed by atoms with Crippen molar-refractivity contribution >= 4 is 22.7 Å². The van der Waals surface area contributed by atoms with Gasteiger partial charge in [-0.15, -0.1) is 0 Å². The third-order valence-corrected chi connectivity index (χ3v) is 7.76. The lowest BCUT2D eigenvalue weighted by Gasteiger charge is -2.19. The number of allylic oxidation sites excluding steroid dienone is 1. The van der Waals surface area contributed by atoms with E-state index in [4.69, 9.17) is 21.1 Å². The van der Waals surface area contributed by atoms with Crippen molar-refractivity contribution in [2.75, 3.05) is 33.4 Å². The van der Waals surface area contributed by atoms with E-state index in [1.807, 2.05) is 30.3 Å². The van der Waals surface area contributed by atoms with Crippen LogP contribution in [0.2, 0.25) is 5.02 Å². The lowest BCUT2D eigenvalue weighted by atomic mass is 9.87. The van der Waals surface area contributed by atoms with Crippen LogP contribution in [0, 0.1) is 5.82 Å². The second kappa shape index (κ2) is 12.8. The van der Waals surface area contributed by atoms with Crippen molar-refractivity contribution in [2.45, 2.75) is 45.6 Å². The molecule has 1 fully saturated rings. The number of hydrogen-bond donors (Lipinski definition) is 1. The molecule has 3 aromatic carbocycles. The van der Waals surface area contributed by atoms with Crippen LogP contribution in [0.1, 0.15) is 55.4 Å². The Hall–Kier alpha value is -3.09. The maximum atomic E-state index is 15.6. The van der Waals surface area contributed by atoms with Crippen molar-refractivity contribution in [3.63, 3.8) is 0 Å². The second-order valence-electron chi connectivity index (χ2n) is 9.89. The van der Waals surface area contributed by atoms with Gasteiger partial charge < -0.3 is 14.6 Å². The number of benzene rings is 3. The number of aryl methyl sites for hydroxylation is 1. The summed E-state index contributed by atoms with van der Waals surface area (Å²) < 4.78 is 39.5. The average Bonchev–Trinajstić information content (AvgIpc) is 3.28. The van der Waals surface area contributed by atoms with Crippen LogP contribution >= 0.6 is 11.6 Å². The Morgan fingerprint density at radius 1 is 1.05 bits per heavy atom. The molecular weight excluding hydrogens is 520 g/mol. The molecule has 0 radical (unpaired) electrons. The smallest absolute Gasteiger partial charge is 0.153 e. The number of nitrogens with zero attached hydrogens (tertiary/aromatic N) is 1. The van der Waals surface area contributed by atoms with Crippen LogP contribution in [-0.2, 0) is 6.42 Å². The quantitative estimate of drug-likeness (QED) is 0.306. The first-order chi connectivity index (χ1) is 18.5. The average molecular weight is 556 g/mol. The van der Waals surface area contributed by atoms with Crippen LogP contribution in [0.3, 0.4) is 0 Å². The van der Waals surface area contributed by atoms with Crippen molar-refractivity contribution in [1.29, 1.82) is 0 Å². The van der Waals surface area contributed by atoms with Gasteiger partial charge in [-0.2, -0.15) is 0 Å². The van der Waals surface area contributed by atoms with Crippen LogP contribution in [0.4, 0.5) is 8.78 Å². The summed E-state index contributed by atoms with van der Waals surface area (Å²) in [5.74, 6) is 0.780. The molecule has 39 heavy (non-hydrogen) atoms. The third-order valence-electron chi connectivity index (χ3n) is 7.41. The van der Waals surface area contributed by atoms with Gasteiger partial charge in [0.25, 0.3) is 0 Å². The standard InChI is InChI=1S/C31H32ClF2NO3.CH4/c1-37-28-13-12-27(31(34)30(28)32)26-5-2-4-21-18-22(36)8-11-25(21)29(26)20-6-9-23(10-7-20)38-24-14-17-35(19-24)16-3-15-33;/h6-13,18,24,36H,2-5,14-17,19H2,1H3;1H4/t24-;/m0./s1. The van der Waals surface area contributed by atoms with E-state index in [1.165, 1.54) is 7.11 Å². The maximum absolute atomic E-state index is 15.6. The van der Waals surface area contributed by atoms with Gasteiger partial charge in [-0.3, -0.25) is 9.29 Å². The number of hydrogen-bond acceptors (Lipinski definition) is 4. The number of likely N-dealkylation sites (tertiary alicyclic amines) is 1. The van der Waals surface area contributed by atoms with Crippen molar-refractivity contribution in [1.82, 2.24) is 4.90 Å². The number of phenols is 1. The minimum Gasteiger partial charge on any atom is -0.508 e. The molecule has 7 heteroatoms. The molecule has 0 saturated carbocycles. The fourth-order valence-corrected chi connectivity index (χ4v) is 5.81. The van der Waals surface area contributed by atoms with Gasteiger partial charge in [0.1, 0.15) is 28.4 Å². The monoisotopic (exact) mass is 555 g/mol. The first-order valence-corrected chi connectivity index (χ1v) is 13.5. The summed E-state index contributed by atoms with van der Waals surface area (Å²) in [6.45, 7) is 2.17. The van der Waals surface area contributed by atoms with Crippen molar-refractivity contribution in [3.8, 4) is 17.2 Å². The summed E-state index contributed by atoms with van der Waals surface area (Å²) in [4.78, 5) is 2.24. The normalized spacial score (nSPS) is 17.4. The minimum atomic E-state index is -0.501. The van der Waals surface area contributed by atoms with E-state index in [0.29, 0.717) is 24.2 Å².